The maximum atomic E-state index is 11.3. The van der Waals surface area contributed by atoms with E-state index in [9.17, 15) is 4.79 Å². The molecule has 1 aromatic heterocycles. The number of carbonyl (C=O) groups is 1. The van der Waals surface area contributed by atoms with Crippen molar-refractivity contribution < 1.29 is 4.79 Å². The number of hydrogen-bond acceptors (Lipinski definition) is 5. The highest BCUT2D eigenvalue weighted by Gasteiger charge is 2.24. The van der Waals surface area contributed by atoms with E-state index in [4.69, 9.17) is 10.7 Å². The van der Waals surface area contributed by atoms with Gasteiger partial charge >= 0.3 is 0 Å². The Bertz CT molecular complexity index is 952. The van der Waals surface area contributed by atoms with Gasteiger partial charge in [0.2, 0.25) is 11.9 Å². The molecule has 144 valence electrons. The van der Waals surface area contributed by atoms with Crippen molar-refractivity contribution in [2.75, 3.05) is 17.2 Å². The van der Waals surface area contributed by atoms with Crippen LogP contribution < -0.4 is 16.4 Å². The summed E-state index contributed by atoms with van der Waals surface area (Å²) in [5, 5.41) is 7.78. The summed E-state index contributed by atoms with van der Waals surface area (Å²) in [7, 11) is 0. The van der Waals surface area contributed by atoms with Gasteiger partial charge in [-0.25, -0.2) is 4.98 Å². The van der Waals surface area contributed by atoms with Gasteiger partial charge in [0.25, 0.3) is 0 Å². The zero-order valence-electron chi connectivity index (χ0n) is 15.8. The lowest BCUT2D eigenvalue weighted by atomic mass is 9.82. The monoisotopic (exact) mass is 375 g/mol. The van der Waals surface area contributed by atoms with Crippen molar-refractivity contribution in [2.45, 2.75) is 25.7 Å². The van der Waals surface area contributed by atoms with E-state index in [1.165, 1.54) is 0 Å². The van der Waals surface area contributed by atoms with Crippen LogP contribution in [0, 0.1) is 11.8 Å². The van der Waals surface area contributed by atoms with Crippen LogP contribution in [0.15, 0.2) is 54.6 Å². The van der Waals surface area contributed by atoms with E-state index in [-0.39, 0.29) is 11.8 Å². The fraction of sp³-hybridized carbons (Fsp3) is 0.318. The summed E-state index contributed by atoms with van der Waals surface area (Å²) in [5.74, 6) is 1.79. The second-order valence-electron chi connectivity index (χ2n) is 7.40. The molecule has 3 aromatic rings. The molecule has 28 heavy (non-hydrogen) atoms. The minimum atomic E-state index is -0.166. The molecule has 0 aliphatic heterocycles. The standard InChI is InChI=1S/C22H25N5O/c23-20(28)16-12-10-15(11-13-16)14-24-22-26-19-9-5-4-8-18(19)21(27-22)25-17-6-2-1-3-7-17/h1-9,15-16H,10-14H2,(H2,23,28)(H2,24,25,26,27). The van der Waals surface area contributed by atoms with Gasteiger partial charge in [-0.2, -0.15) is 4.98 Å². The third-order valence-electron chi connectivity index (χ3n) is 5.44. The number of hydrogen-bond donors (Lipinski definition) is 3. The molecule has 6 nitrogen and oxygen atoms in total. The van der Waals surface area contributed by atoms with E-state index >= 15 is 0 Å². The molecule has 1 amide bonds. The Balaban J connectivity index is 1.49. The summed E-state index contributed by atoms with van der Waals surface area (Å²) in [6.45, 7) is 0.800. The summed E-state index contributed by atoms with van der Waals surface area (Å²) >= 11 is 0. The van der Waals surface area contributed by atoms with Gasteiger partial charge in [0, 0.05) is 23.5 Å². The Morgan fingerprint density at radius 1 is 0.964 bits per heavy atom. The molecule has 0 radical (unpaired) electrons. The molecule has 0 spiro atoms. The SMILES string of the molecule is NC(=O)C1CCC(CNc2nc(Nc3ccccc3)c3ccccc3n2)CC1. The van der Waals surface area contributed by atoms with Gasteiger partial charge in [-0.1, -0.05) is 30.3 Å². The average molecular weight is 375 g/mol. The third kappa shape index (κ3) is 4.22. The zero-order valence-corrected chi connectivity index (χ0v) is 15.8. The highest BCUT2D eigenvalue weighted by Crippen LogP contribution is 2.29. The first kappa shape index (κ1) is 18.2. The van der Waals surface area contributed by atoms with E-state index in [2.05, 4.69) is 15.6 Å². The molecule has 4 N–H and O–H groups in total. The number of carbonyl (C=O) groups excluding carboxylic acids is 1. The molecule has 2 aromatic carbocycles. The van der Waals surface area contributed by atoms with E-state index in [1.807, 2.05) is 54.6 Å². The van der Waals surface area contributed by atoms with Gasteiger partial charge in [-0.05, 0) is 55.9 Å². The molecule has 6 heteroatoms. The average Bonchev–Trinajstić information content (AvgIpc) is 2.73. The molecule has 1 saturated carbocycles. The van der Waals surface area contributed by atoms with Crippen LogP contribution in [0.2, 0.25) is 0 Å². The topological polar surface area (TPSA) is 92.9 Å². The van der Waals surface area contributed by atoms with Gasteiger partial charge in [0.05, 0.1) is 5.52 Å². The highest BCUT2D eigenvalue weighted by atomic mass is 16.1. The van der Waals surface area contributed by atoms with Gasteiger partial charge < -0.3 is 16.4 Å². The van der Waals surface area contributed by atoms with Crippen LogP contribution in [0.3, 0.4) is 0 Å². The Hall–Kier alpha value is -3.15. The lowest BCUT2D eigenvalue weighted by Crippen LogP contribution is -2.29. The number of para-hydroxylation sites is 2. The van der Waals surface area contributed by atoms with Crippen LogP contribution in [0.25, 0.3) is 10.9 Å². The number of aromatic nitrogens is 2. The molecule has 1 fully saturated rings. The number of nitrogens with two attached hydrogens (primary N) is 1. The van der Waals surface area contributed by atoms with Crippen LogP contribution >= 0.6 is 0 Å². The minimum Gasteiger partial charge on any atom is -0.369 e. The Morgan fingerprint density at radius 2 is 1.68 bits per heavy atom. The van der Waals surface area contributed by atoms with Crippen LogP contribution in [0.4, 0.5) is 17.5 Å². The van der Waals surface area contributed by atoms with Crippen molar-refractivity contribution in [1.29, 1.82) is 0 Å². The molecule has 0 saturated heterocycles. The summed E-state index contributed by atoms with van der Waals surface area (Å²) in [6.07, 6.45) is 3.76. The Kier molecular flexibility index (Phi) is 5.37. The van der Waals surface area contributed by atoms with Crippen LogP contribution in [-0.4, -0.2) is 22.4 Å². The van der Waals surface area contributed by atoms with Gasteiger partial charge in [-0.3, -0.25) is 4.79 Å². The zero-order chi connectivity index (χ0) is 19.3. The normalized spacial score (nSPS) is 19.3. The summed E-state index contributed by atoms with van der Waals surface area (Å²) < 4.78 is 0. The fourth-order valence-electron chi connectivity index (χ4n) is 3.80. The van der Waals surface area contributed by atoms with Crippen molar-refractivity contribution in [3.8, 4) is 0 Å². The predicted octanol–water partition coefficient (Wildman–Crippen LogP) is 4.08. The molecular formula is C22H25N5O. The first-order valence-electron chi connectivity index (χ1n) is 9.81. The van der Waals surface area contributed by atoms with Gasteiger partial charge in [0.15, 0.2) is 0 Å². The fourth-order valence-corrected chi connectivity index (χ4v) is 3.80. The molecule has 1 aliphatic rings. The first-order chi connectivity index (χ1) is 13.7. The summed E-state index contributed by atoms with van der Waals surface area (Å²) in [6, 6.07) is 18.0. The van der Waals surface area contributed by atoms with Crippen LogP contribution in [0.5, 0.6) is 0 Å². The third-order valence-corrected chi connectivity index (χ3v) is 5.44. The molecule has 0 atom stereocenters. The number of rotatable bonds is 6. The highest BCUT2D eigenvalue weighted by molar-refractivity contribution is 5.91. The molecule has 0 unspecified atom stereocenters. The van der Waals surface area contributed by atoms with Crippen molar-refractivity contribution in [1.82, 2.24) is 9.97 Å². The Labute approximate surface area is 164 Å². The molecular weight excluding hydrogens is 350 g/mol. The number of anilines is 3. The maximum Gasteiger partial charge on any atom is 0.225 e. The van der Waals surface area contributed by atoms with Crippen LogP contribution in [-0.2, 0) is 4.79 Å². The largest absolute Gasteiger partial charge is 0.369 e. The molecule has 0 bridgehead atoms. The number of fused-ring (bicyclic) bond motifs is 1. The Morgan fingerprint density at radius 3 is 2.43 bits per heavy atom. The van der Waals surface area contributed by atoms with E-state index < -0.39 is 0 Å². The smallest absolute Gasteiger partial charge is 0.225 e. The molecule has 1 heterocycles. The summed E-state index contributed by atoms with van der Waals surface area (Å²) in [5.41, 5.74) is 7.32. The van der Waals surface area contributed by atoms with E-state index in [0.29, 0.717) is 11.9 Å². The van der Waals surface area contributed by atoms with Crippen molar-refractivity contribution in [3.05, 3.63) is 54.6 Å². The lowest BCUT2D eigenvalue weighted by Gasteiger charge is -2.26. The molecule has 4 rings (SSSR count). The van der Waals surface area contributed by atoms with Crippen LogP contribution in [0.1, 0.15) is 25.7 Å². The second-order valence-corrected chi connectivity index (χ2v) is 7.40. The predicted molar refractivity (Wildman–Crippen MR) is 112 cm³/mol. The number of nitrogens with zero attached hydrogens (tertiary/aromatic N) is 2. The van der Waals surface area contributed by atoms with Gasteiger partial charge in [0.1, 0.15) is 5.82 Å². The summed E-state index contributed by atoms with van der Waals surface area (Å²) in [4.78, 5) is 20.7. The van der Waals surface area contributed by atoms with Gasteiger partial charge in [-0.15, -0.1) is 0 Å². The second kappa shape index (κ2) is 8.25. The number of amides is 1. The number of benzene rings is 2. The first-order valence-corrected chi connectivity index (χ1v) is 9.81. The molecule has 1 aliphatic carbocycles. The maximum absolute atomic E-state index is 11.3. The number of primary amides is 1. The quantitative estimate of drug-likeness (QED) is 0.604. The lowest BCUT2D eigenvalue weighted by molar-refractivity contribution is -0.122. The van der Waals surface area contributed by atoms with Crippen molar-refractivity contribution in [2.24, 2.45) is 17.6 Å². The van der Waals surface area contributed by atoms with E-state index in [0.717, 1.165) is 54.6 Å². The van der Waals surface area contributed by atoms with E-state index in [1.54, 1.807) is 0 Å². The van der Waals surface area contributed by atoms with Crippen molar-refractivity contribution >= 4 is 34.3 Å². The minimum absolute atomic E-state index is 0.0369. The van der Waals surface area contributed by atoms with Crippen molar-refractivity contribution in [3.63, 3.8) is 0 Å². The number of nitrogens with one attached hydrogen (secondary N) is 2.